The zero-order valence-corrected chi connectivity index (χ0v) is 15.0. The van der Waals surface area contributed by atoms with Crippen LogP contribution in [0, 0.1) is 17.1 Å². The number of amides is 1. The lowest BCUT2D eigenvalue weighted by molar-refractivity contribution is -0.118. The van der Waals surface area contributed by atoms with E-state index in [2.05, 4.69) is 10.2 Å². The number of nitriles is 1. The number of piperazine rings is 1. The standard InChI is InChI=1S/C20H25FN4O/c21-17-6-8-19(9-7-17)25-12-10-24(11-13-25)15-16(14-22)20(26)23-18-4-2-1-3-5-18/h6-9,15,18H,1-5,10-13H2,(H,23,26)/b16-15-. The Bertz CT molecular complexity index is 681. The van der Waals surface area contributed by atoms with Gasteiger partial charge < -0.3 is 15.1 Å². The predicted octanol–water partition coefficient (Wildman–Crippen LogP) is 2.80. The molecule has 1 amide bonds. The van der Waals surface area contributed by atoms with Crippen molar-refractivity contribution >= 4 is 11.6 Å². The highest BCUT2D eigenvalue weighted by Gasteiger charge is 2.20. The minimum atomic E-state index is -0.264. The van der Waals surface area contributed by atoms with Crippen molar-refractivity contribution in [3.05, 3.63) is 41.9 Å². The minimum Gasteiger partial charge on any atom is -0.373 e. The van der Waals surface area contributed by atoms with E-state index in [0.717, 1.165) is 57.5 Å². The number of nitrogens with one attached hydrogen (secondary N) is 1. The molecule has 0 radical (unpaired) electrons. The summed E-state index contributed by atoms with van der Waals surface area (Å²) in [4.78, 5) is 16.6. The normalized spacial score (nSPS) is 19.2. The first-order chi connectivity index (χ1) is 12.7. The Hall–Kier alpha value is -2.55. The Morgan fingerprint density at radius 1 is 1.12 bits per heavy atom. The molecule has 0 spiro atoms. The maximum Gasteiger partial charge on any atom is 0.263 e. The quantitative estimate of drug-likeness (QED) is 0.666. The first kappa shape index (κ1) is 18.2. The number of hydrogen-bond donors (Lipinski definition) is 1. The van der Waals surface area contributed by atoms with Crippen molar-refractivity contribution in [2.45, 2.75) is 38.1 Å². The van der Waals surface area contributed by atoms with E-state index in [0.29, 0.717) is 0 Å². The van der Waals surface area contributed by atoms with E-state index in [-0.39, 0.29) is 23.3 Å². The maximum atomic E-state index is 13.0. The molecule has 0 bridgehead atoms. The monoisotopic (exact) mass is 356 g/mol. The van der Waals surface area contributed by atoms with Crippen LogP contribution in [0.25, 0.3) is 0 Å². The molecule has 0 aromatic heterocycles. The highest BCUT2D eigenvalue weighted by molar-refractivity contribution is 5.97. The summed E-state index contributed by atoms with van der Waals surface area (Å²) >= 11 is 0. The van der Waals surface area contributed by atoms with E-state index in [1.807, 2.05) is 11.0 Å². The SMILES string of the molecule is N#C/C(=C/N1CCN(c2ccc(F)cc2)CC1)C(=O)NC1CCCCC1. The van der Waals surface area contributed by atoms with Gasteiger partial charge in [0.25, 0.3) is 5.91 Å². The first-order valence-corrected chi connectivity index (χ1v) is 9.33. The van der Waals surface area contributed by atoms with Crippen LogP contribution >= 0.6 is 0 Å². The van der Waals surface area contributed by atoms with E-state index in [1.54, 1.807) is 18.3 Å². The molecule has 2 aliphatic rings. The smallest absolute Gasteiger partial charge is 0.263 e. The van der Waals surface area contributed by atoms with E-state index in [1.165, 1.54) is 18.6 Å². The van der Waals surface area contributed by atoms with Crippen LogP contribution < -0.4 is 10.2 Å². The predicted molar refractivity (Wildman–Crippen MR) is 98.9 cm³/mol. The molecule has 1 aliphatic carbocycles. The fourth-order valence-corrected chi connectivity index (χ4v) is 3.59. The zero-order valence-electron chi connectivity index (χ0n) is 15.0. The zero-order chi connectivity index (χ0) is 18.4. The number of rotatable bonds is 4. The van der Waals surface area contributed by atoms with Gasteiger partial charge >= 0.3 is 0 Å². The van der Waals surface area contributed by atoms with Crippen molar-refractivity contribution in [1.82, 2.24) is 10.2 Å². The minimum absolute atomic E-state index is 0.172. The van der Waals surface area contributed by atoms with Crippen LogP contribution in [0.4, 0.5) is 10.1 Å². The van der Waals surface area contributed by atoms with Crippen LogP contribution in [0.5, 0.6) is 0 Å². The molecule has 138 valence electrons. The number of hydrogen-bond acceptors (Lipinski definition) is 4. The lowest BCUT2D eigenvalue weighted by atomic mass is 9.95. The van der Waals surface area contributed by atoms with Gasteiger partial charge in [0.1, 0.15) is 17.5 Å². The Kier molecular flexibility index (Phi) is 6.11. The molecular formula is C20H25FN4O. The number of anilines is 1. The number of carbonyl (C=O) groups excluding carboxylic acids is 1. The van der Waals surface area contributed by atoms with Crippen LogP contribution in [0.1, 0.15) is 32.1 Å². The Morgan fingerprint density at radius 2 is 1.77 bits per heavy atom. The van der Waals surface area contributed by atoms with Gasteiger partial charge in [-0.15, -0.1) is 0 Å². The third-order valence-corrected chi connectivity index (χ3v) is 5.12. The van der Waals surface area contributed by atoms with Gasteiger partial charge in [0.15, 0.2) is 0 Å². The first-order valence-electron chi connectivity index (χ1n) is 9.33. The average Bonchev–Trinajstić information content (AvgIpc) is 2.68. The van der Waals surface area contributed by atoms with Crippen molar-refractivity contribution < 1.29 is 9.18 Å². The number of nitrogens with zero attached hydrogens (tertiary/aromatic N) is 3. The van der Waals surface area contributed by atoms with Gasteiger partial charge in [0.05, 0.1) is 0 Å². The van der Waals surface area contributed by atoms with E-state index in [9.17, 15) is 14.4 Å². The average molecular weight is 356 g/mol. The fourth-order valence-electron chi connectivity index (χ4n) is 3.59. The van der Waals surface area contributed by atoms with Crippen LogP contribution in [0.3, 0.4) is 0 Å². The topological polar surface area (TPSA) is 59.4 Å². The third kappa shape index (κ3) is 4.75. The summed E-state index contributed by atoms with van der Waals surface area (Å²) in [7, 11) is 0. The Morgan fingerprint density at radius 3 is 2.38 bits per heavy atom. The molecular weight excluding hydrogens is 331 g/mol. The molecule has 1 aromatic rings. The lowest BCUT2D eigenvalue weighted by Crippen LogP contribution is -2.44. The molecule has 1 heterocycles. The number of halogens is 1. The maximum absolute atomic E-state index is 13.0. The molecule has 2 fully saturated rings. The molecule has 3 rings (SSSR count). The van der Waals surface area contributed by atoms with Crippen molar-refractivity contribution in [1.29, 1.82) is 5.26 Å². The van der Waals surface area contributed by atoms with E-state index >= 15 is 0 Å². The summed E-state index contributed by atoms with van der Waals surface area (Å²) in [5, 5.41) is 12.4. The molecule has 0 atom stereocenters. The van der Waals surface area contributed by atoms with Crippen LogP contribution in [-0.4, -0.2) is 43.0 Å². The second kappa shape index (κ2) is 8.70. The molecule has 1 N–H and O–H groups in total. The van der Waals surface area contributed by atoms with Gasteiger partial charge in [-0.25, -0.2) is 4.39 Å². The van der Waals surface area contributed by atoms with Crippen molar-refractivity contribution in [3.8, 4) is 6.07 Å². The van der Waals surface area contributed by atoms with Crippen molar-refractivity contribution in [3.63, 3.8) is 0 Å². The summed E-state index contributed by atoms with van der Waals surface area (Å²) in [6.07, 6.45) is 7.19. The molecule has 0 unspecified atom stereocenters. The van der Waals surface area contributed by atoms with Crippen LogP contribution in [0.15, 0.2) is 36.0 Å². The van der Waals surface area contributed by atoms with Gasteiger partial charge in [0.2, 0.25) is 0 Å². The second-order valence-electron chi connectivity index (χ2n) is 6.96. The Labute approximate surface area is 154 Å². The molecule has 5 nitrogen and oxygen atoms in total. The van der Waals surface area contributed by atoms with Gasteiger partial charge in [-0.2, -0.15) is 5.26 Å². The summed E-state index contributed by atoms with van der Waals surface area (Å²) in [5.74, 6) is -0.502. The molecule has 1 aromatic carbocycles. The van der Waals surface area contributed by atoms with Gasteiger partial charge in [-0.3, -0.25) is 4.79 Å². The third-order valence-electron chi connectivity index (χ3n) is 5.12. The number of carbonyl (C=O) groups is 1. The Balaban J connectivity index is 1.54. The largest absolute Gasteiger partial charge is 0.373 e. The van der Waals surface area contributed by atoms with Crippen molar-refractivity contribution in [2.24, 2.45) is 0 Å². The molecule has 1 saturated heterocycles. The highest BCUT2D eigenvalue weighted by atomic mass is 19.1. The lowest BCUT2D eigenvalue weighted by Gasteiger charge is -2.35. The fraction of sp³-hybridized carbons (Fsp3) is 0.500. The molecule has 26 heavy (non-hydrogen) atoms. The van der Waals surface area contributed by atoms with Gasteiger partial charge in [0, 0.05) is 44.1 Å². The summed E-state index contributed by atoms with van der Waals surface area (Å²) < 4.78 is 13.0. The summed E-state index contributed by atoms with van der Waals surface area (Å²) in [6, 6.07) is 8.72. The number of benzene rings is 1. The molecule has 1 saturated carbocycles. The van der Waals surface area contributed by atoms with Crippen LogP contribution in [-0.2, 0) is 4.79 Å². The second-order valence-corrected chi connectivity index (χ2v) is 6.96. The van der Waals surface area contributed by atoms with Crippen molar-refractivity contribution in [2.75, 3.05) is 31.1 Å². The van der Waals surface area contributed by atoms with E-state index < -0.39 is 0 Å². The molecule has 1 aliphatic heterocycles. The molecule has 6 heteroatoms. The summed E-state index contributed by atoms with van der Waals surface area (Å²) in [6.45, 7) is 2.98. The van der Waals surface area contributed by atoms with Gasteiger partial charge in [-0.1, -0.05) is 19.3 Å². The van der Waals surface area contributed by atoms with E-state index in [4.69, 9.17) is 0 Å². The highest BCUT2D eigenvalue weighted by Crippen LogP contribution is 2.19. The van der Waals surface area contributed by atoms with Gasteiger partial charge in [-0.05, 0) is 37.1 Å². The summed E-state index contributed by atoms with van der Waals surface area (Å²) in [5.41, 5.74) is 1.16. The van der Waals surface area contributed by atoms with Crippen LogP contribution in [0.2, 0.25) is 0 Å².